The van der Waals surface area contributed by atoms with Crippen LogP contribution in [-0.2, 0) is 4.74 Å². The van der Waals surface area contributed by atoms with Crippen molar-refractivity contribution < 1.29 is 4.74 Å². The number of hydrogen-bond acceptors (Lipinski definition) is 4. The van der Waals surface area contributed by atoms with E-state index in [0.29, 0.717) is 0 Å². The number of nitrogens with one attached hydrogen (secondary N) is 2. The van der Waals surface area contributed by atoms with Crippen LogP contribution in [0.25, 0.3) is 0 Å². The Labute approximate surface area is 137 Å². The molecule has 2 atom stereocenters. The predicted octanol–water partition coefficient (Wildman–Crippen LogP) is 2.46. The van der Waals surface area contributed by atoms with Gasteiger partial charge in [-0.05, 0) is 24.8 Å². The molecule has 1 aromatic carbocycles. The predicted molar refractivity (Wildman–Crippen MR) is 91.6 cm³/mol. The summed E-state index contributed by atoms with van der Waals surface area (Å²) in [6.07, 6.45) is 3.89. The number of rotatable bonds is 3. The summed E-state index contributed by atoms with van der Waals surface area (Å²) in [5, 5.41) is 6.62. The molecule has 0 amide bonds. The molecule has 0 spiro atoms. The molecule has 0 saturated carbocycles. The minimum Gasteiger partial charge on any atom is -0.368 e. The molecule has 3 rings (SSSR count). The highest BCUT2D eigenvalue weighted by Gasteiger charge is 2.26. The Balaban J connectivity index is 0.00000147. The first-order chi connectivity index (χ1) is 9.42. The van der Waals surface area contributed by atoms with E-state index in [2.05, 4.69) is 39.9 Å². The van der Waals surface area contributed by atoms with Crippen LogP contribution in [-0.4, -0.2) is 31.7 Å². The van der Waals surface area contributed by atoms with Gasteiger partial charge in [-0.3, -0.25) is 4.99 Å². The summed E-state index contributed by atoms with van der Waals surface area (Å²) in [5.74, 6) is 0.929. The van der Waals surface area contributed by atoms with Crippen molar-refractivity contribution in [2.45, 2.75) is 31.5 Å². The molecule has 0 bridgehead atoms. The fraction of sp³-hybridized carbons (Fsp3) is 0.533. The van der Waals surface area contributed by atoms with E-state index >= 15 is 0 Å². The normalized spacial score (nSPS) is 25.3. The van der Waals surface area contributed by atoms with Crippen LogP contribution in [0.4, 0.5) is 0 Å². The quantitative estimate of drug-likeness (QED) is 0.784. The van der Waals surface area contributed by atoms with Crippen LogP contribution >= 0.6 is 24.0 Å². The Morgan fingerprint density at radius 1 is 1.25 bits per heavy atom. The van der Waals surface area contributed by atoms with Crippen molar-refractivity contribution in [3.8, 4) is 0 Å². The lowest BCUT2D eigenvalue weighted by Crippen LogP contribution is -2.43. The molecule has 2 aliphatic heterocycles. The van der Waals surface area contributed by atoms with Crippen LogP contribution < -0.4 is 10.6 Å². The Kier molecular flexibility index (Phi) is 6.09. The maximum atomic E-state index is 6.09. The molecule has 1 aromatic rings. The summed E-state index contributed by atoms with van der Waals surface area (Å²) in [6, 6.07) is 10.5. The van der Waals surface area contributed by atoms with Gasteiger partial charge in [-0.2, -0.15) is 0 Å². The first kappa shape index (κ1) is 15.6. The smallest absolute Gasteiger partial charge is 0.191 e. The Morgan fingerprint density at radius 3 is 2.85 bits per heavy atom. The third kappa shape index (κ3) is 4.09. The summed E-state index contributed by atoms with van der Waals surface area (Å²) in [4.78, 5) is 4.41. The van der Waals surface area contributed by atoms with E-state index < -0.39 is 0 Å². The Bertz CT molecular complexity index is 438. The van der Waals surface area contributed by atoms with Crippen molar-refractivity contribution in [1.82, 2.24) is 10.6 Å². The molecular formula is C15H22IN3O. The van der Waals surface area contributed by atoms with E-state index in [4.69, 9.17) is 4.74 Å². The lowest BCUT2D eigenvalue weighted by Gasteiger charge is -2.19. The maximum absolute atomic E-state index is 6.09. The third-order valence-electron chi connectivity index (χ3n) is 3.67. The zero-order valence-electron chi connectivity index (χ0n) is 11.5. The molecule has 0 unspecified atom stereocenters. The number of nitrogens with zero attached hydrogens (tertiary/aromatic N) is 1. The maximum Gasteiger partial charge on any atom is 0.191 e. The van der Waals surface area contributed by atoms with Gasteiger partial charge in [0, 0.05) is 19.6 Å². The van der Waals surface area contributed by atoms with Gasteiger partial charge in [-0.15, -0.1) is 24.0 Å². The topological polar surface area (TPSA) is 45.7 Å². The number of hydrogen-bond donors (Lipinski definition) is 2. The van der Waals surface area contributed by atoms with Crippen molar-refractivity contribution in [2.75, 3.05) is 19.6 Å². The first-order valence-corrected chi connectivity index (χ1v) is 7.14. The van der Waals surface area contributed by atoms with Crippen molar-refractivity contribution >= 4 is 29.9 Å². The molecule has 0 aliphatic carbocycles. The Morgan fingerprint density at radius 2 is 2.10 bits per heavy atom. The zero-order valence-corrected chi connectivity index (χ0v) is 13.9. The molecular weight excluding hydrogens is 365 g/mol. The van der Waals surface area contributed by atoms with Gasteiger partial charge in [0.25, 0.3) is 0 Å². The molecule has 0 radical (unpaired) electrons. The molecule has 4 nitrogen and oxygen atoms in total. The monoisotopic (exact) mass is 387 g/mol. The second-order valence-corrected chi connectivity index (χ2v) is 5.13. The van der Waals surface area contributed by atoms with Crippen LogP contribution in [0, 0.1) is 0 Å². The largest absolute Gasteiger partial charge is 0.368 e. The number of guanidine groups is 1. The number of aliphatic imine (C=N–C) groups is 1. The van der Waals surface area contributed by atoms with Gasteiger partial charge in [0.1, 0.15) is 0 Å². The minimum atomic E-state index is 0. The molecule has 1 saturated heterocycles. The third-order valence-corrected chi connectivity index (χ3v) is 3.67. The highest BCUT2D eigenvalue weighted by molar-refractivity contribution is 14.0. The average molecular weight is 387 g/mol. The van der Waals surface area contributed by atoms with E-state index in [1.54, 1.807) is 0 Å². The van der Waals surface area contributed by atoms with Gasteiger partial charge >= 0.3 is 0 Å². The second-order valence-electron chi connectivity index (χ2n) is 5.13. The van der Waals surface area contributed by atoms with E-state index in [1.165, 1.54) is 5.56 Å². The highest BCUT2D eigenvalue weighted by Crippen LogP contribution is 2.32. The van der Waals surface area contributed by atoms with Crippen molar-refractivity contribution in [1.29, 1.82) is 0 Å². The van der Waals surface area contributed by atoms with E-state index in [1.807, 2.05) is 6.07 Å². The Hall–Kier alpha value is -0.820. The van der Waals surface area contributed by atoms with Crippen LogP contribution in [0.2, 0.25) is 0 Å². The zero-order chi connectivity index (χ0) is 12.9. The SMILES string of the molecule is I.c1ccc([C@@H]2CC[C@H](CNC3=NCCCN3)O2)cc1. The van der Waals surface area contributed by atoms with Crippen LogP contribution in [0.3, 0.4) is 0 Å². The van der Waals surface area contributed by atoms with E-state index in [9.17, 15) is 0 Å². The minimum absolute atomic E-state index is 0. The molecule has 2 heterocycles. The molecule has 1 fully saturated rings. The molecule has 20 heavy (non-hydrogen) atoms. The summed E-state index contributed by atoms with van der Waals surface area (Å²) >= 11 is 0. The van der Waals surface area contributed by atoms with Crippen LogP contribution in [0.1, 0.15) is 30.9 Å². The number of benzene rings is 1. The van der Waals surface area contributed by atoms with E-state index in [0.717, 1.165) is 44.9 Å². The van der Waals surface area contributed by atoms with Crippen LogP contribution in [0.15, 0.2) is 35.3 Å². The van der Waals surface area contributed by atoms with Crippen molar-refractivity contribution in [3.05, 3.63) is 35.9 Å². The lowest BCUT2D eigenvalue weighted by molar-refractivity contribution is 0.0473. The lowest BCUT2D eigenvalue weighted by atomic mass is 10.1. The fourth-order valence-electron chi connectivity index (χ4n) is 2.63. The summed E-state index contributed by atoms with van der Waals surface area (Å²) in [5.41, 5.74) is 1.29. The molecule has 110 valence electrons. The van der Waals surface area contributed by atoms with Gasteiger partial charge in [0.2, 0.25) is 0 Å². The van der Waals surface area contributed by atoms with Gasteiger partial charge in [0.05, 0.1) is 12.2 Å². The number of ether oxygens (including phenoxy) is 1. The highest BCUT2D eigenvalue weighted by atomic mass is 127. The summed E-state index contributed by atoms with van der Waals surface area (Å²) < 4.78 is 6.09. The van der Waals surface area contributed by atoms with Crippen LogP contribution in [0.5, 0.6) is 0 Å². The summed E-state index contributed by atoms with van der Waals surface area (Å²) in [7, 11) is 0. The first-order valence-electron chi connectivity index (χ1n) is 7.14. The molecule has 2 aliphatic rings. The molecule has 2 N–H and O–H groups in total. The second kappa shape index (κ2) is 7.83. The van der Waals surface area contributed by atoms with Gasteiger partial charge in [-0.25, -0.2) is 0 Å². The van der Waals surface area contributed by atoms with Gasteiger partial charge < -0.3 is 15.4 Å². The van der Waals surface area contributed by atoms with Crippen molar-refractivity contribution in [2.24, 2.45) is 4.99 Å². The standard InChI is InChI=1S/C15H21N3O.HI/c1-2-5-12(6-3-1)14-8-7-13(19-14)11-18-15-16-9-4-10-17-15;/h1-3,5-6,13-14H,4,7-11H2,(H2,16,17,18);1H/t13-,14+;/m1./s1. The van der Waals surface area contributed by atoms with Gasteiger partial charge in [0.15, 0.2) is 5.96 Å². The van der Waals surface area contributed by atoms with Crippen molar-refractivity contribution in [3.63, 3.8) is 0 Å². The molecule has 5 heteroatoms. The average Bonchev–Trinajstić information content (AvgIpc) is 2.96. The van der Waals surface area contributed by atoms with Gasteiger partial charge in [-0.1, -0.05) is 30.3 Å². The molecule has 0 aromatic heterocycles. The summed E-state index contributed by atoms with van der Waals surface area (Å²) in [6.45, 7) is 2.78. The number of halogens is 1. The fourth-order valence-corrected chi connectivity index (χ4v) is 2.63. The van der Waals surface area contributed by atoms with E-state index in [-0.39, 0.29) is 36.2 Å².